The van der Waals surface area contributed by atoms with Gasteiger partial charge in [-0.3, -0.25) is 9.59 Å². The minimum atomic E-state index is -0.196. The maximum atomic E-state index is 12.2. The summed E-state index contributed by atoms with van der Waals surface area (Å²) in [7, 11) is 0. The molecule has 0 atom stereocenters. The zero-order valence-corrected chi connectivity index (χ0v) is 13.6. The maximum absolute atomic E-state index is 12.2. The molecule has 0 bridgehead atoms. The fourth-order valence-corrected chi connectivity index (χ4v) is 3.11. The Balaban J connectivity index is 1.54. The fraction of sp³-hybridized carbons (Fsp3) is 0.368. The van der Waals surface area contributed by atoms with Gasteiger partial charge in [0.1, 0.15) is 5.76 Å². The van der Waals surface area contributed by atoms with Gasteiger partial charge in [-0.2, -0.15) is 0 Å². The molecule has 1 aliphatic carbocycles. The summed E-state index contributed by atoms with van der Waals surface area (Å²) in [6, 6.07) is 10.6. The van der Waals surface area contributed by atoms with E-state index in [2.05, 4.69) is 10.6 Å². The van der Waals surface area contributed by atoms with Gasteiger partial charge in [-0.05, 0) is 49.1 Å². The van der Waals surface area contributed by atoms with Crippen molar-refractivity contribution in [1.29, 1.82) is 0 Å². The second kappa shape index (κ2) is 7.81. The molecule has 1 aromatic carbocycles. The maximum Gasteiger partial charge on any atom is 0.251 e. The lowest BCUT2D eigenvalue weighted by molar-refractivity contribution is -0.117. The van der Waals surface area contributed by atoms with Gasteiger partial charge in [0.15, 0.2) is 0 Å². The Kier molecular flexibility index (Phi) is 5.31. The van der Waals surface area contributed by atoms with E-state index in [1.807, 2.05) is 0 Å². The predicted molar refractivity (Wildman–Crippen MR) is 91.5 cm³/mol. The standard InChI is InChI=1S/C19H22N2O3/c22-18(11-14-5-1-2-6-14)21-16-8-3-7-15(12-16)19(23)20-13-17-9-4-10-24-17/h3-4,7-10,12,14H,1-2,5-6,11,13H2,(H,20,23)(H,21,22). The molecule has 2 N–H and O–H groups in total. The Labute approximate surface area is 141 Å². The predicted octanol–water partition coefficient (Wildman–Crippen LogP) is 3.73. The molecule has 0 saturated heterocycles. The first kappa shape index (κ1) is 16.3. The molecule has 1 aromatic heterocycles. The number of rotatable bonds is 6. The molecule has 1 heterocycles. The van der Waals surface area contributed by atoms with Gasteiger partial charge >= 0.3 is 0 Å². The highest BCUT2D eigenvalue weighted by Gasteiger charge is 2.18. The largest absolute Gasteiger partial charge is 0.467 e. The highest BCUT2D eigenvalue weighted by Crippen LogP contribution is 2.27. The Bertz CT molecular complexity index is 688. The molecule has 0 aliphatic heterocycles. The summed E-state index contributed by atoms with van der Waals surface area (Å²) in [6.07, 6.45) is 6.87. The summed E-state index contributed by atoms with van der Waals surface area (Å²) < 4.78 is 5.19. The van der Waals surface area contributed by atoms with Gasteiger partial charge in [0, 0.05) is 17.7 Å². The van der Waals surface area contributed by atoms with Gasteiger partial charge in [0.2, 0.25) is 5.91 Å². The van der Waals surface area contributed by atoms with Crippen molar-refractivity contribution >= 4 is 17.5 Å². The molecule has 5 nitrogen and oxygen atoms in total. The molecule has 1 fully saturated rings. The van der Waals surface area contributed by atoms with Crippen molar-refractivity contribution in [3.05, 3.63) is 54.0 Å². The molecule has 0 unspecified atom stereocenters. The number of hydrogen-bond donors (Lipinski definition) is 2. The van der Waals surface area contributed by atoms with Gasteiger partial charge < -0.3 is 15.1 Å². The number of carbonyl (C=O) groups excluding carboxylic acids is 2. The first-order valence-electron chi connectivity index (χ1n) is 8.41. The Morgan fingerprint density at radius 2 is 1.96 bits per heavy atom. The van der Waals surface area contributed by atoms with Crippen LogP contribution in [-0.2, 0) is 11.3 Å². The van der Waals surface area contributed by atoms with Gasteiger partial charge in [0.05, 0.1) is 12.8 Å². The van der Waals surface area contributed by atoms with E-state index >= 15 is 0 Å². The van der Waals surface area contributed by atoms with Gasteiger partial charge in [-0.1, -0.05) is 18.9 Å². The molecule has 126 valence electrons. The topological polar surface area (TPSA) is 71.3 Å². The van der Waals surface area contributed by atoms with Crippen LogP contribution in [0, 0.1) is 5.92 Å². The lowest BCUT2D eigenvalue weighted by Crippen LogP contribution is -2.23. The van der Waals surface area contributed by atoms with Crippen LogP contribution in [0.5, 0.6) is 0 Å². The number of furan rings is 1. The molecule has 3 rings (SSSR count). The van der Waals surface area contributed by atoms with Crippen molar-refractivity contribution in [3.63, 3.8) is 0 Å². The molecular formula is C19H22N2O3. The van der Waals surface area contributed by atoms with Crippen molar-refractivity contribution < 1.29 is 14.0 Å². The summed E-state index contributed by atoms with van der Waals surface area (Å²) in [6.45, 7) is 0.337. The number of benzene rings is 1. The Morgan fingerprint density at radius 3 is 2.71 bits per heavy atom. The highest BCUT2D eigenvalue weighted by atomic mass is 16.3. The van der Waals surface area contributed by atoms with E-state index in [0.29, 0.717) is 35.9 Å². The number of nitrogens with one attached hydrogen (secondary N) is 2. The van der Waals surface area contributed by atoms with Crippen LogP contribution < -0.4 is 10.6 Å². The van der Waals surface area contributed by atoms with E-state index in [4.69, 9.17) is 4.42 Å². The third kappa shape index (κ3) is 4.47. The first-order valence-corrected chi connectivity index (χ1v) is 8.41. The lowest BCUT2D eigenvalue weighted by atomic mass is 10.0. The quantitative estimate of drug-likeness (QED) is 0.849. The van der Waals surface area contributed by atoms with Crippen LogP contribution in [0.2, 0.25) is 0 Å². The lowest BCUT2D eigenvalue weighted by Gasteiger charge is -2.10. The monoisotopic (exact) mass is 326 g/mol. The van der Waals surface area contributed by atoms with Crippen molar-refractivity contribution in [2.75, 3.05) is 5.32 Å². The fourth-order valence-electron chi connectivity index (χ4n) is 3.11. The van der Waals surface area contributed by atoms with Crippen LogP contribution >= 0.6 is 0 Å². The molecule has 2 aromatic rings. The van der Waals surface area contributed by atoms with E-state index < -0.39 is 0 Å². The van der Waals surface area contributed by atoms with E-state index in [1.54, 1.807) is 42.7 Å². The molecular weight excluding hydrogens is 304 g/mol. The van der Waals surface area contributed by atoms with Crippen molar-refractivity contribution in [2.24, 2.45) is 5.92 Å². The van der Waals surface area contributed by atoms with Crippen molar-refractivity contribution in [1.82, 2.24) is 5.32 Å². The number of carbonyl (C=O) groups is 2. The normalized spacial score (nSPS) is 14.5. The van der Waals surface area contributed by atoms with E-state index in [9.17, 15) is 9.59 Å². The van der Waals surface area contributed by atoms with Gasteiger partial charge in [-0.15, -0.1) is 0 Å². The average Bonchev–Trinajstić information content (AvgIpc) is 3.26. The first-order chi connectivity index (χ1) is 11.7. The van der Waals surface area contributed by atoms with Crippen LogP contribution in [0.3, 0.4) is 0 Å². The zero-order chi connectivity index (χ0) is 16.8. The van der Waals surface area contributed by atoms with Crippen LogP contribution in [0.15, 0.2) is 47.1 Å². The molecule has 2 amide bonds. The minimum Gasteiger partial charge on any atom is -0.467 e. The Morgan fingerprint density at radius 1 is 1.12 bits per heavy atom. The minimum absolute atomic E-state index is 0.0232. The molecule has 1 saturated carbocycles. The van der Waals surface area contributed by atoms with Crippen LogP contribution in [0.4, 0.5) is 5.69 Å². The SMILES string of the molecule is O=C(CC1CCCC1)Nc1cccc(C(=O)NCc2ccco2)c1. The second-order valence-electron chi connectivity index (χ2n) is 6.25. The molecule has 24 heavy (non-hydrogen) atoms. The molecule has 0 spiro atoms. The highest BCUT2D eigenvalue weighted by molar-refractivity contribution is 5.97. The van der Waals surface area contributed by atoms with Crippen molar-refractivity contribution in [3.8, 4) is 0 Å². The van der Waals surface area contributed by atoms with E-state index in [0.717, 1.165) is 12.8 Å². The van der Waals surface area contributed by atoms with Gasteiger partial charge in [-0.25, -0.2) is 0 Å². The summed E-state index contributed by atoms with van der Waals surface area (Å²) in [4.78, 5) is 24.3. The van der Waals surface area contributed by atoms with Crippen LogP contribution in [-0.4, -0.2) is 11.8 Å². The van der Waals surface area contributed by atoms with Crippen LogP contribution in [0.1, 0.15) is 48.2 Å². The van der Waals surface area contributed by atoms with E-state index in [1.165, 1.54) is 12.8 Å². The summed E-state index contributed by atoms with van der Waals surface area (Å²) in [5.74, 6) is 1.03. The summed E-state index contributed by atoms with van der Waals surface area (Å²) >= 11 is 0. The summed E-state index contributed by atoms with van der Waals surface area (Å²) in [5, 5.41) is 5.69. The number of hydrogen-bond acceptors (Lipinski definition) is 3. The average molecular weight is 326 g/mol. The third-order valence-electron chi connectivity index (χ3n) is 4.36. The summed E-state index contributed by atoms with van der Waals surface area (Å²) in [5.41, 5.74) is 1.17. The van der Waals surface area contributed by atoms with Crippen molar-refractivity contribution in [2.45, 2.75) is 38.6 Å². The third-order valence-corrected chi connectivity index (χ3v) is 4.36. The Hall–Kier alpha value is -2.56. The van der Waals surface area contributed by atoms with E-state index in [-0.39, 0.29) is 11.8 Å². The van der Waals surface area contributed by atoms with Crippen LogP contribution in [0.25, 0.3) is 0 Å². The second-order valence-corrected chi connectivity index (χ2v) is 6.25. The molecule has 5 heteroatoms. The molecule has 1 aliphatic rings. The number of anilines is 1. The smallest absolute Gasteiger partial charge is 0.251 e. The van der Waals surface area contributed by atoms with Gasteiger partial charge in [0.25, 0.3) is 5.91 Å². The number of amides is 2. The zero-order valence-electron chi connectivity index (χ0n) is 13.6. The molecule has 0 radical (unpaired) electrons.